The number of sulfonamides is 1. The Morgan fingerprint density at radius 3 is 2.42 bits per heavy atom. The van der Waals surface area contributed by atoms with Crippen molar-refractivity contribution in [3.8, 4) is 0 Å². The number of nitrogens with zero attached hydrogens (tertiary/aromatic N) is 1. The van der Waals surface area contributed by atoms with Crippen LogP contribution in [0.3, 0.4) is 0 Å². The first-order valence-electron chi connectivity index (χ1n) is 7.80. The lowest BCUT2D eigenvalue weighted by atomic mass is 9.76. The van der Waals surface area contributed by atoms with Crippen LogP contribution in [0.2, 0.25) is 0 Å². The van der Waals surface area contributed by atoms with Crippen molar-refractivity contribution < 1.29 is 13.2 Å². The minimum atomic E-state index is -3.78. The molecule has 1 amide bonds. The van der Waals surface area contributed by atoms with Crippen molar-refractivity contribution in [3.05, 3.63) is 71.3 Å². The van der Waals surface area contributed by atoms with Gasteiger partial charge in [0.2, 0.25) is 5.91 Å². The molecule has 2 aliphatic rings. The summed E-state index contributed by atoms with van der Waals surface area (Å²) in [7, 11) is -3.78. The van der Waals surface area contributed by atoms with Crippen LogP contribution in [0.15, 0.2) is 59.5 Å². The summed E-state index contributed by atoms with van der Waals surface area (Å²) in [4.78, 5) is 12.9. The summed E-state index contributed by atoms with van der Waals surface area (Å²) in [6.07, 6.45) is 2.05. The number of carbonyl (C=O) groups is 1. The smallest absolute Gasteiger partial charge is 0.271 e. The molecule has 0 N–H and O–H groups in total. The summed E-state index contributed by atoms with van der Waals surface area (Å²) >= 11 is 0. The molecule has 0 fully saturated rings. The van der Waals surface area contributed by atoms with Gasteiger partial charge in [-0.15, -0.1) is 0 Å². The third kappa shape index (κ3) is 1.97. The number of benzene rings is 2. The molecule has 122 valence electrons. The fourth-order valence-corrected chi connectivity index (χ4v) is 5.14. The summed E-state index contributed by atoms with van der Waals surface area (Å²) in [5.74, 6) is -0.383. The second-order valence-electron chi connectivity index (χ2n) is 6.65. The lowest BCUT2D eigenvalue weighted by Gasteiger charge is -2.34. The number of fused-ring (bicyclic) bond motifs is 3. The fraction of sp³-hybridized carbons (Fsp3) is 0.211. The molecule has 0 saturated heterocycles. The maximum atomic E-state index is 12.7. The normalized spacial score (nSPS) is 24.3. The zero-order chi connectivity index (χ0) is 17.1. The van der Waals surface area contributed by atoms with E-state index in [4.69, 9.17) is 0 Å². The Labute approximate surface area is 141 Å². The lowest BCUT2D eigenvalue weighted by Crippen LogP contribution is -2.40. The molecule has 5 heteroatoms. The third-order valence-corrected chi connectivity index (χ3v) is 6.60. The molecule has 0 bridgehead atoms. The zero-order valence-electron chi connectivity index (χ0n) is 13.5. The van der Waals surface area contributed by atoms with Gasteiger partial charge in [0.05, 0.1) is 10.6 Å². The monoisotopic (exact) mass is 339 g/mol. The van der Waals surface area contributed by atoms with Crippen LogP contribution in [-0.2, 0) is 20.2 Å². The standard InChI is InChI=1S/C19H17NO3S/c1-13-7-9-14(10-8-13)19(2)11-16-15-5-3-4-6-17(15)24(22,23)20(16)18(21)12-19/h3-11H,12H2,1-2H3/t19-/m1/s1. The van der Waals surface area contributed by atoms with Crippen molar-refractivity contribution in [1.29, 1.82) is 0 Å². The van der Waals surface area contributed by atoms with Gasteiger partial charge >= 0.3 is 0 Å². The number of hydrogen-bond donors (Lipinski definition) is 0. The number of allylic oxidation sites excluding steroid dienone is 1. The van der Waals surface area contributed by atoms with Crippen LogP contribution in [0, 0.1) is 6.92 Å². The number of hydrogen-bond acceptors (Lipinski definition) is 3. The largest absolute Gasteiger partial charge is 0.273 e. The van der Waals surface area contributed by atoms with Gasteiger partial charge in [0, 0.05) is 17.4 Å². The average molecular weight is 339 g/mol. The molecule has 0 aliphatic carbocycles. The van der Waals surface area contributed by atoms with E-state index in [1.165, 1.54) is 0 Å². The Morgan fingerprint density at radius 1 is 1.04 bits per heavy atom. The topological polar surface area (TPSA) is 54.5 Å². The van der Waals surface area contributed by atoms with E-state index in [0.717, 1.165) is 15.4 Å². The van der Waals surface area contributed by atoms with Gasteiger partial charge in [0.1, 0.15) is 0 Å². The van der Waals surface area contributed by atoms with Crippen LogP contribution in [0.25, 0.3) is 5.70 Å². The molecule has 1 atom stereocenters. The molecular formula is C19H17NO3S. The zero-order valence-corrected chi connectivity index (χ0v) is 14.3. The van der Waals surface area contributed by atoms with Crippen LogP contribution in [0.5, 0.6) is 0 Å². The average Bonchev–Trinajstić information content (AvgIpc) is 2.76. The van der Waals surface area contributed by atoms with Gasteiger partial charge in [-0.1, -0.05) is 55.0 Å². The van der Waals surface area contributed by atoms with Crippen molar-refractivity contribution in [1.82, 2.24) is 4.31 Å². The highest BCUT2D eigenvalue weighted by Crippen LogP contribution is 2.46. The molecule has 0 radical (unpaired) electrons. The predicted octanol–water partition coefficient (Wildman–Crippen LogP) is 3.23. The van der Waals surface area contributed by atoms with Gasteiger partial charge < -0.3 is 0 Å². The number of aryl methyl sites for hydroxylation is 1. The SMILES string of the molecule is Cc1ccc([C@]2(C)C=C3c4ccccc4S(=O)(=O)N3C(=O)C2)cc1. The quantitative estimate of drug-likeness (QED) is 0.801. The summed E-state index contributed by atoms with van der Waals surface area (Å²) in [6, 6.07) is 14.8. The summed E-state index contributed by atoms with van der Waals surface area (Å²) in [6.45, 7) is 3.99. The van der Waals surface area contributed by atoms with E-state index >= 15 is 0 Å². The van der Waals surface area contributed by atoms with E-state index in [0.29, 0.717) is 11.3 Å². The number of rotatable bonds is 1. The maximum absolute atomic E-state index is 12.7. The van der Waals surface area contributed by atoms with Gasteiger partial charge in [0.15, 0.2) is 0 Å². The summed E-state index contributed by atoms with van der Waals surface area (Å²) < 4.78 is 26.3. The predicted molar refractivity (Wildman–Crippen MR) is 91.6 cm³/mol. The number of amides is 1. The van der Waals surface area contributed by atoms with Crippen molar-refractivity contribution in [2.45, 2.75) is 30.6 Å². The molecule has 24 heavy (non-hydrogen) atoms. The molecule has 4 rings (SSSR count). The van der Waals surface area contributed by atoms with Crippen LogP contribution in [0.1, 0.15) is 30.0 Å². The van der Waals surface area contributed by atoms with Crippen LogP contribution in [-0.4, -0.2) is 18.6 Å². The first-order chi connectivity index (χ1) is 11.3. The molecule has 2 aromatic rings. The number of carbonyl (C=O) groups excluding carboxylic acids is 1. The molecule has 4 nitrogen and oxygen atoms in total. The Balaban J connectivity index is 1.95. The van der Waals surface area contributed by atoms with E-state index in [-0.39, 0.29) is 17.2 Å². The van der Waals surface area contributed by atoms with Gasteiger partial charge in [-0.3, -0.25) is 4.79 Å². The molecule has 0 unspecified atom stereocenters. The lowest BCUT2D eigenvalue weighted by molar-refractivity contribution is -0.125. The van der Waals surface area contributed by atoms with Crippen LogP contribution < -0.4 is 0 Å². The summed E-state index contributed by atoms with van der Waals surface area (Å²) in [5, 5.41) is 0. The van der Waals surface area contributed by atoms with E-state index in [1.807, 2.05) is 44.2 Å². The van der Waals surface area contributed by atoms with E-state index < -0.39 is 15.4 Å². The van der Waals surface area contributed by atoms with E-state index in [1.54, 1.807) is 24.3 Å². The summed E-state index contributed by atoms with van der Waals surface area (Å²) in [5.41, 5.74) is 2.71. The van der Waals surface area contributed by atoms with Gasteiger partial charge in [-0.2, -0.15) is 0 Å². The van der Waals surface area contributed by atoms with Gasteiger partial charge in [-0.05, 0) is 24.6 Å². The Morgan fingerprint density at radius 2 is 1.71 bits per heavy atom. The van der Waals surface area contributed by atoms with Crippen molar-refractivity contribution in [2.75, 3.05) is 0 Å². The van der Waals surface area contributed by atoms with Gasteiger partial charge in [-0.25, -0.2) is 12.7 Å². The van der Waals surface area contributed by atoms with Crippen molar-refractivity contribution >= 4 is 21.6 Å². The minimum absolute atomic E-state index is 0.132. The molecule has 2 aromatic carbocycles. The maximum Gasteiger partial charge on any atom is 0.271 e. The molecule has 0 spiro atoms. The van der Waals surface area contributed by atoms with Crippen molar-refractivity contribution in [2.24, 2.45) is 0 Å². The second kappa shape index (κ2) is 4.80. The van der Waals surface area contributed by atoms with Crippen molar-refractivity contribution in [3.63, 3.8) is 0 Å². The molecule has 2 aliphatic heterocycles. The van der Waals surface area contributed by atoms with Crippen LogP contribution in [0.4, 0.5) is 0 Å². The van der Waals surface area contributed by atoms with E-state index in [9.17, 15) is 13.2 Å². The highest BCUT2D eigenvalue weighted by Gasteiger charge is 2.48. The Bertz CT molecular complexity index is 990. The third-order valence-electron chi connectivity index (χ3n) is 4.81. The Kier molecular flexibility index (Phi) is 3.03. The first-order valence-corrected chi connectivity index (χ1v) is 9.24. The fourth-order valence-electron chi connectivity index (χ4n) is 3.50. The Hall–Kier alpha value is -2.40. The van der Waals surface area contributed by atoms with Crippen LogP contribution >= 0.6 is 0 Å². The van der Waals surface area contributed by atoms with Gasteiger partial charge in [0.25, 0.3) is 10.0 Å². The highest BCUT2D eigenvalue weighted by atomic mass is 32.2. The molecule has 2 heterocycles. The van der Waals surface area contributed by atoms with E-state index in [2.05, 4.69) is 0 Å². The molecule has 0 saturated carbocycles. The molecule has 0 aromatic heterocycles. The second-order valence-corrected chi connectivity index (χ2v) is 8.40. The molecular weight excluding hydrogens is 322 g/mol. The first kappa shape index (κ1) is 15.1. The minimum Gasteiger partial charge on any atom is -0.273 e. The highest BCUT2D eigenvalue weighted by molar-refractivity contribution is 7.90.